The molecule has 1 atom stereocenters. The van der Waals surface area contributed by atoms with E-state index < -0.39 is 0 Å². The summed E-state index contributed by atoms with van der Waals surface area (Å²) in [6.45, 7) is 5.12. The van der Waals surface area contributed by atoms with Gasteiger partial charge in [0.05, 0.1) is 0 Å². The summed E-state index contributed by atoms with van der Waals surface area (Å²) in [7, 11) is 0. The molecule has 1 N–H and O–H groups in total. The fraction of sp³-hybridized carbons (Fsp3) is 0.889. The van der Waals surface area contributed by atoms with Crippen molar-refractivity contribution in [1.82, 2.24) is 5.32 Å². The molecule has 0 saturated carbocycles. The van der Waals surface area contributed by atoms with Crippen LogP contribution in [0.3, 0.4) is 0 Å². The largest absolute Gasteiger partial charge is 0.314 e. The summed E-state index contributed by atoms with van der Waals surface area (Å²) in [5.41, 5.74) is -0.137. The normalized spacial score (nSPS) is 25.5. The van der Waals surface area contributed by atoms with Crippen molar-refractivity contribution in [1.29, 1.82) is 0 Å². The van der Waals surface area contributed by atoms with Crippen molar-refractivity contribution in [3.63, 3.8) is 0 Å². The Morgan fingerprint density at radius 2 is 2.36 bits per heavy atom. The maximum Gasteiger partial charge on any atom is 0.125 e. The molecule has 1 rings (SSSR count). The topological polar surface area (TPSA) is 29.1 Å². The van der Waals surface area contributed by atoms with Gasteiger partial charge in [-0.15, -0.1) is 0 Å². The van der Waals surface area contributed by atoms with Gasteiger partial charge in [0.1, 0.15) is 6.29 Å². The van der Waals surface area contributed by atoms with Crippen molar-refractivity contribution in [2.75, 3.05) is 6.54 Å². The first kappa shape index (κ1) is 8.72. The lowest BCUT2D eigenvalue weighted by Crippen LogP contribution is -2.29. The van der Waals surface area contributed by atoms with Crippen LogP contribution in [0, 0.1) is 5.41 Å². The molecule has 1 heterocycles. The minimum absolute atomic E-state index is 0.137. The Labute approximate surface area is 68.4 Å². The van der Waals surface area contributed by atoms with Gasteiger partial charge in [-0.25, -0.2) is 0 Å². The Morgan fingerprint density at radius 3 is 2.82 bits per heavy atom. The lowest BCUT2D eigenvalue weighted by Gasteiger charge is -2.21. The molecule has 1 fully saturated rings. The first-order valence-corrected chi connectivity index (χ1v) is 4.34. The summed E-state index contributed by atoms with van der Waals surface area (Å²) in [4.78, 5) is 10.6. The van der Waals surface area contributed by atoms with E-state index in [1.54, 1.807) is 0 Å². The standard InChI is InChI=1S/C9H17NO/c1-9(2,7-11)6-8-4-3-5-10-8/h7-8,10H,3-6H2,1-2H3. The van der Waals surface area contributed by atoms with Crippen LogP contribution < -0.4 is 5.32 Å². The second-order valence-corrected chi connectivity index (χ2v) is 4.10. The summed E-state index contributed by atoms with van der Waals surface area (Å²) in [6.07, 6.45) is 4.54. The van der Waals surface area contributed by atoms with Crippen LogP contribution in [-0.2, 0) is 4.79 Å². The molecule has 2 heteroatoms. The smallest absolute Gasteiger partial charge is 0.125 e. The number of hydrogen-bond acceptors (Lipinski definition) is 2. The summed E-state index contributed by atoms with van der Waals surface area (Å²) in [5.74, 6) is 0. The molecule has 0 radical (unpaired) electrons. The van der Waals surface area contributed by atoms with Crippen LogP contribution in [-0.4, -0.2) is 18.9 Å². The van der Waals surface area contributed by atoms with Gasteiger partial charge in [0.15, 0.2) is 0 Å². The van der Waals surface area contributed by atoms with Crippen molar-refractivity contribution in [2.24, 2.45) is 5.41 Å². The van der Waals surface area contributed by atoms with E-state index in [4.69, 9.17) is 0 Å². The van der Waals surface area contributed by atoms with Gasteiger partial charge in [0, 0.05) is 11.5 Å². The molecule has 0 aromatic rings. The van der Waals surface area contributed by atoms with Gasteiger partial charge in [-0.05, 0) is 25.8 Å². The lowest BCUT2D eigenvalue weighted by molar-refractivity contribution is -0.115. The number of carbonyl (C=O) groups excluding carboxylic acids is 1. The van der Waals surface area contributed by atoms with E-state index in [1.165, 1.54) is 12.8 Å². The second-order valence-electron chi connectivity index (χ2n) is 4.10. The van der Waals surface area contributed by atoms with Crippen LogP contribution in [0.15, 0.2) is 0 Å². The van der Waals surface area contributed by atoms with E-state index in [2.05, 4.69) is 5.32 Å². The zero-order valence-electron chi connectivity index (χ0n) is 7.39. The highest BCUT2D eigenvalue weighted by Crippen LogP contribution is 2.23. The molecule has 2 nitrogen and oxygen atoms in total. The number of carbonyl (C=O) groups is 1. The quantitative estimate of drug-likeness (QED) is 0.623. The molecule has 11 heavy (non-hydrogen) atoms. The molecule has 1 saturated heterocycles. The Morgan fingerprint density at radius 1 is 1.64 bits per heavy atom. The van der Waals surface area contributed by atoms with Crippen LogP contribution in [0.4, 0.5) is 0 Å². The Kier molecular flexibility index (Phi) is 2.66. The number of hydrogen-bond donors (Lipinski definition) is 1. The fourth-order valence-corrected chi connectivity index (χ4v) is 1.61. The van der Waals surface area contributed by atoms with Crippen LogP contribution in [0.5, 0.6) is 0 Å². The molecule has 1 aliphatic heterocycles. The number of nitrogens with one attached hydrogen (secondary N) is 1. The molecule has 0 aromatic carbocycles. The van der Waals surface area contributed by atoms with Gasteiger partial charge < -0.3 is 10.1 Å². The van der Waals surface area contributed by atoms with Crippen molar-refractivity contribution in [3.05, 3.63) is 0 Å². The van der Waals surface area contributed by atoms with Gasteiger partial charge in [-0.1, -0.05) is 13.8 Å². The van der Waals surface area contributed by atoms with E-state index in [-0.39, 0.29) is 5.41 Å². The van der Waals surface area contributed by atoms with E-state index in [1.807, 2.05) is 13.8 Å². The van der Waals surface area contributed by atoms with Crippen LogP contribution in [0.25, 0.3) is 0 Å². The average Bonchev–Trinajstić information content (AvgIpc) is 2.39. The molecule has 64 valence electrons. The Balaban J connectivity index is 2.33. The fourth-order valence-electron chi connectivity index (χ4n) is 1.61. The monoisotopic (exact) mass is 155 g/mol. The third kappa shape index (κ3) is 2.62. The predicted octanol–water partition coefficient (Wildman–Crippen LogP) is 1.35. The van der Waals surface area contributed by atoms with Crippen molar-refractivity contribution in [2.45, 2.75) is 39.2 Å². The minimum Gasteiger partial charge on any atom is -0.314 e. The third-order valence-electron chi connectivity index (χ3n) is 2.25. The number of aldehydes is 1. The third-order valence-corrected chi connectivity index (χ3v) is 2.25. The van der Waals surface area contributed by atoms with E-state index in [0.29, 0.717) is 6.04 Å². The van der Waals surface area contributed by atoms with E-state index in [0.717, 1.165) is 19.3 Å². The van der Waals surface area contributed by atoms with E-state index in [9.17, 15) is 4.79 Å². The summed E-state index contributed by atoms with van der Waals surface area (Å²) < 4.78 is 0. The second kappa shape index (κ2) is 3.35. The number of rotatable bonds is 3. The molecule has 1 aliphatic rings. The summed E-state index contributed by atoms with van der Waals surface area (Å²) in [6, 6.07) is 0.579. The van der Waals surface area contributed by atoms with Gasteiger partial charge >= 0.3 is 0 Å². The SMILES string of the molecule is CC(C)(C=O)CC1CCCN1. The average molecular weight is 155 g/mol. The highest BCUT2D eigenvalue weighted by molar-refractivity contribution is 5.57. The predicted molar refractivity (Wildman–Crippen MR) is 45.5 cm³/mol. The molecule has 0 aliphatic carbocycles. The van der Waals surface area contributed by atoms with Crippen molar-refractivity contribution < 1.29 is 4.79 Å². The Bertz CT molecular complexity index is 136. The first-order valence-electron chi connectivity index (χ1n) is 4.34. The van der Waals surface area contributed by atoms with E-state index >= 15 is 0 Å². The van der Waals surface area contributed by atoms with Crippen LogP contribution in [0.2, 0.25) is 0 Å². The maximum absolute atomic E-state index is 10.6. The highest BCUT2D eigenvalue weighted by Gasteiger charge is 2.24. The Hall–Kier alpha value is -0.370. The lowest BCUT2D eigenvalue weighted by atomic mass is 9.87. The van der Waals surface area contributed by atoms with Gasteiger partial charge in [-0.2, -0.15) is 0 Å². The van der Waals surface area contributed by atoms with Crippen LogP contribution in [0.1, 0.15) is 33.1 Å². The molecule has 0 amide bonds. The van der Waals surface area contributed by atoms with Gasteiger partial charge in [0.25, 0.3) is 0 Å². The van der Waals surface area contributed by atoms with Gasteiger partial charge in [-0.3, -0.25) is 0 Å². The zero-order valence-corrected chi connectivity index (χ0v) is 7.39. The molecule has 0 bridgehead atoms. The maximum atomic E-state index is 10.6. The van der Waals surface area contributed by atoms with Crippen LogP contribution >= 0.6 is 0 Å². The molecule has 1 unspecified atom stereocenters. The summed E-state index contributed by atoms with van der Waals surface area (Å²) >= 11 is 0. The molecule has 0 spiro atoms. The molecule has 0 aromatic heterocycles. The summed E-state index contributed by atoms with van der Waals surface area (Å²) in [5, 5.41) is 3.39. The molecular weight excluding hydrogens is 138 g/mol. The zero-order chi connectivity index (χ0) is 8.32. The van der Waals surface area contributed by atoms with Crippen molar-refractivity contribution >= 4 is 6.29 Å². The minimum atomic E-state index is -0.137. The highest BCUT2D eigenvalue weighted by atomic mass is 16.1. The molecular formula is C9H17NO. The van der Waals surface area contributed by atoms with Gasteiger partial charge in [0.2, 0.25) is 0 Å². The first-order chi connectivity index (χ1) is 5.14. The van der Waals surface area contributed by atoms with Crippen molar-refractivity contribution in [3.8, 4) is 0 Å².